The zero-order chi connectivity index (χ0) is 51.2. The first-order valence-corrected chi connectivity index (χ1v) is 25.4. The van der Waals surface area contributed by atoms with Crippen molar-refractivity contribution >= 4 is 46.4 Å². The first kappa shape index (κ1) is 52.0. The molecule has 2 saturated heterocycles. The molecule has 7 heterocycles. The molecule has 73 heavy (non-hydrogen) atoms. The average Bonchev–Trinajstić information content (AvgIpc) is 4.26. The van der Waals surface area contributed by atoms with Crippen LogP contribution in [0.4, 0.5) is 4.53 Å². The Bertz CT molecular complexity index is 2890. The Labute approximate surface area is 422 Å². The Hall–Kier alpha value is -5.83. The maximum atomic E-state index is 12.8. The number of H-pyrrole nitrogens is 2. The summed E-state index contributed by atoms with van der Waals surface area (Å²) in [6, 6.07) is 22.7. The Kier molecular flexibility index (Phi) is 16.8. The molecule has 2 aromatic carbocycles. The first-order valence-electron chi connectivity index (χ1n) is 25.4. The van der Waals surface area contributed by atoms with E-state index >= 15 is 0 Å². The second-order valence-corrected chi connectivity index (χ2v) is 19.1. The number of halogens is 1. The van der Waals surface area contributed by atoms with Gasteiger partial charge in [0.05, 0.1) is 29.4 Å². The summed E-state index contributed by atoms with van der Waals surface area (Å²) in [5.74, 6) is 0.640. The molecule has 16 nitrogen and oxygen atoms in total. The maximum absolute atomic E-state index is 12.8. The van der Waals surface area contributed by atoms with Gasteiger partial charge in [0.1, 0.15) is 66.9 Å². The number of nitrogens with one attached hydrogen (secondary N) is 2. The van der Waals surface area contributed by atoms with Gasteiger partial charge in [-0.3, -0.25) is 0 Å². The van der Waals surface area contributed by atoms with Crippen molar-refractivity contribution in [2.24, 2.45) is 0 Å². The third-order valence-electron chi connectivity index (χ3n) is 14.1. The van der Waals surface area contributed by atoms with Gasteiger partial charge in [0.2, 0.25) is 12.6 Å². The SMILES string of the molecule is CCCCCCc1c2nc(c(-c3ccc(OC4OC(COF)C(O)C(O)C4O)cc3)c3ccc([nH]3)c(CCCCCC)c3nc(c(-c4ccc(OC5OC(CO)C(O)C(O)C5O)cc4)c4ccc1[nH]4)C=C3)C=C2. The van der Waals surface area contributed by atoms with Gasteiger partial charge in [-0.05, 0) is 114 Å². The van der Waals surface area contributed by atoms with Gasteiger partial charge in [0, 0.05) is 44.3 Å². The normalized spacial score (nSPS) is 24.8. The zero-order valence-electron chi connectivity index (χ0n) is 40.9. The van der Waals surface area contributed by atoms with E-state index in [1.807, 2.05) is 36.4 Å². The predicted molar refractivity (Wildman–Crippen MR) is 274 cm³/mol. The number of aromatic nitrogens is 4. The van der Waals surface area contributed by atoms with Crippen LogP contribution in [0.5, 0.6) is 11.5 Å². The highest BCUT2D eigenvalue weighted by atomic mass is 19.3. The van der Waals surface area contributed by atoms with Gasteiger partial charge in [0.15, 0.2) is 0 Å². The molecular formula is C56H65FN4O12. The van der Waals surface area contributed by atoms with Crippen molar-refractivity contribution in [2.75, 3.05) is 13.2 Å². The van der Waals surface area contributed by atoms with E-state index in [0.29, 0.717) is 11.5 Å². The monoisotopic (exact) mass is 1000 g/mol. The fourth-order valence-electron chi connectivity index (χ4n) is 9.96. The van der Waals surface area contributed by atoms with Crippen molar-refractivity contribution in [1.29, 1.82) is 0 Å². The highest BCUT2D eigenvalue weighted by Gasteiger charge is 2.46. The molecule has 0 radical (unpaired) electrons. The van der Waals surface area contributed by atoms with Crippen molar-refractivity contribution in [3.8, 4) is 33.8 Å². The number of fused-ring (bicyclic) bond motifs is 8. The molecule has 0 amide bonds. The lowest BCUT2D eigenvalue weighted by Gasteiger charge is -2.39. The molecule has 8 bridgehead atoms. The average molecular weight is 1010 g/mol. The van der Waals surface area contributed by atoms with Gasteiger partial charge < -0.3 is 64.7 Å². The van der Waals surface area contributed by atoms with Crippen LogP contribution < -0.4 is 9.47 Å². The smallest absolute Gasteiger partial charge is 0.229 e. The van der Waals surface area contributed by atoms with Crippen molar-refractivity contribution in [3.63, 3.8) is 0 Å². The molecule has 9 N–H and O–H groups in total. The van der Waals surface area contributed by atoms with Gasteiger partial charge in [-0.1, -0.05) is 76.6 Å². The molecule has 4 aliphatic heterocycles. The van der Waals surface area contributed by atoms with Gasteiger partial charge in [-0.2, -0.15) is 4.94 Å². The van der Waals surface area contributed by atoms with E-state index in [9.17, 15) is 40.3 Å². The molecule has 3 aromatic heterocycles. The zero-order valence-corrected chi connectivity index (χ0v) is 40.9. The van der Waals surface area contributed by atoms with Crippen molar-refractivity contribution in [3.05, 3.63) is 107 Å². The number of aliphatic hydroxyl groups is 7. The molecule has 10 unspecified atom stereocenters. The van der Waals surface area contributed by atoms with Crippen LogP contribution in [0.3, 0.4) is 0 Å². The molecule has 5 aromatic rings. The highest BCUT2D eigenvalue weighted by molar-refractivity contribution is 5.94. The predicted octanol–water partition coefficient (Wildman–Crippen LogP) is 7.50. The summed E-state index contributed by atoms with van der Waals surface area (Å²) in [4.78, 5) is 21.9. The summed E-state index contributed by atoms with van der Waals surface area (Å²) in [6.45, 7) is 3.14. The Morgan fingerprint density at radius 2 is 0.904 bits per heavy atom. The Morgan fingerprint density at radius 3 is 1.33 bits per heavy atom. The number of unbranched alkanes of at least 4 members (excludes halogenated alkanes) is 6. The van der Waals surface area contributed by atoms with E-state index in [4.69, 9.17) is 28.9 Å². The number of aryl methyl sites for hydroxylation is 2. The van der Waals surface area contributed by atoms with Crippen LogP contribution in [-0.4, -0.2) is 130 Å². The fourth-order valence-corrected chi connectivity index (χ4v) is 9.96. The standard InChI is InChI=1S/C56H65FN4O12/c1-3-5-7-9-11-35-37-21-25-41(58-37)47(31-13-17-33(18-14-31)70-55-53(67)51(65)49(63)45(29-62)72-55)42-26-22-38(59-42)36(12-10-8-6-4-2)40-24-28-44(61-40)48(43-27-23-39(35)60-43)32-15-19-34(20-16-32)71-56-54(68)52(66)50(64)46(73-56)30-69-57/h13-28,45-46,49-56,58,61-68H,3-12,29-30H2,1-2H3. The summed E-state index contributed by atoms with van der Waals surface area (Å²) in [6.07, 6.45) is 3.47. The Balaban J connectivity index is 1.17. The number of aliphatic hydroxyl groups excluding tert-OH is 7. The van der Waals surface area contributed by atoms with Crippen LogP contribution in [0, 0.1) is 0 Å². The van der Waals surface area contributed by atoms with Crippen molar-refractivity contribution < 1.29 is 64.2 Å². The maximum Gasteiger partial charge on any atom is 0.229 e. The molecule has 17 heteroatoms. The molecule has 0 saturated carbocycles. The first-order chi connectivity index (χ1) is 35.5. The van der Waals surface area contributed by atoms with Crippen LogP contribution in [0.25, 0.3) is 68.6 Å². The quantitative estimate of drug-likeness (QED) is 0.0357. The lowest BCUT2D eigenvalue weighted by Crippen LogP contribution is -2.60. The van der Waals surface area contributed by atoms with Gasteiger partial charge in [-0.15, -0.1) is 0 Å². The summed E-state index contributed by atoms with van der Waals surface area (Å²) >= 11 is 0. The van der Waals surface area contributed by atoms with E-state index in [0.717, 1.165) is 142 Å². The lowest BCUT2D eigenvalue weighted by atomic mass is 9.99. The van der Waals surface area contributed by atoms with Crippen LogP contribution in [0.15, 0.2) is 72.8 Å². The fraction of sp³-hybridized carbons (Fsp3) is 0.429. The van der Waals surface area contributed by atoms with E-state index in [-0.39, 0.29) is 0 Å². The van der Waals surface area contributed by atoms with E-state index in [1.54, 1.807) is 24.3 Å². The molecule has 10 atom stereocenters. The number of nitrogens with zero attached hydrogens (tertiary/aromatic N) is 2. The van der Waals surface area contributed by atoms with E-state index in [2.05, 4.69) is 65.2 Å². The summed E-state index contributed by atoms with van der Waals surface area (Å²) < 4.78 is 36.0. The minimum Gasteiger partial charge on any atom is -0.462 e. The van der Waals surface area contributed by atoms with Gasteiger partial charge >= 0.3 is 0 Å². The molecular weight excluding hydrogens is 940 g/mol. The van der Waals surface area contributed by atoms with Gasteiger partial charge in [-0.25, -0.2) is 9.97 Å². The third-order valence-corrected chi connectivity index (χ3v) is 14.1. The molecule has 4 aliphatic rings. The summed E-state index contributed by atoms with van der Waals surface area (Å²) in [5.41, 5.74) is 12.0. The molecule has 0 spiro atoms. The topological polar surface area (TPSA) is 245 Å². The second-order valence-electron chi connectivity index (χ2n) is 19.1. The number of hydrogen-bond donors (Lipinski definition) is 9. The van der Waals surface area contributed by atoms with Crippen LogP contribution in [0.2, 0.25) is 0 Å². The Morgan fingerprint density at radius 1 is 0.493 bits per heavy atom. The number of ether oxygens (including phenoxy) is 4. The van der Waals surface area contributed by atoms with Crippen LogP contribution >= 0.6 is 0 Å². The lowest BCUT2D eigenvalue weighted by molar-refractivity contribution is -0.294. The highest BCUT2D eigenvalue weighted by Crippen LogP contribution is 2.37. The minimum absolute atomic E-state index is 0.299. The summed E-state index contributed by atoms with van der Waals surface area (Å²) in [5, 5.41) is 72.6. The molecule has 9 rings (SSSR count). The van der Waals surface area contributed by atoms with E-state index in [1.165, 1.54) is 0 Å². The van der Waals surface area contributed by atoms with Gasteiger partial charge in [0.25, 0.3) is 0 Å². The van der Waals surface area contributed by atoms with Crippen molar-refractivity contribution in [1.82, 2.24) is 19.9 Å². The third kappa shape index (κ3) is 11.3. The van der Waals surface area contributed by atoms with Crippen molar-refractivity contribution in [2.45, 2.75) is 139 Å². The second kappa shape index (κ2) is 23.6. The van der Waals surface area contributed by atoms with E-state index < -0.39 is 74.6 Å². The number of rotatable bonds is 19. The summed E-state index contributed by atoms with van der Waals surface area (Å²) in [7, 11) is 0. The number of aromatic amines is 2. The van der Waals surface area contributed by atoms with Crippen LogP contribution in [-0.2, 0) is 27.3 Å². The largest absolute Gasteiger partial charge is 0.462 e. The molecule has 2 fully saturated rings. The molecule has 0 aliphatic carbocycles. The van der Waals surface area contributed by atoms with Crippen LogP contribution in [0.1, 0.15) is 99.1 Å². The molecule has 388 valence electrons. The number of hydrogen-bond acceptors (Lipinski definition) is 14. The minimum atomic E-state index is -1.66. The number of benzene rings is 2.